The summed E-state index contributed by atoms with van der Waals surface area (Å²) in [6.45, 7) is 3.64. The van der Waals surface area contributed by atoms with E-state index in [1.807, 2.05) is 13.8 Å². The molecule has 0 spiro atoms. The summed E-state index contributed by atoms with van der Waals surface area (Å²) in [6.07, 6.45) is -2.51. The van der Waals surface area contributed by atoms with Gasteiger partial charge in [-0.05, 0) is 19.4 Å². The van der Waals surface area contributed by atoms with Gasteiger partial charge in [0.15, 0.2) is 0 Å². The van der Waals surface area contributed by atoms with Gasteiger partial charge >= 0.3 is 0 Å². The number of hydrogen-bond acceptors (Lipinski definition) is 1. The van der Waals surface area contributed by atoms with Crippen LogP contribution in [0.15, 0.2) is 24.3 Å². The van der Waals surface area contributed by atoms with Crippen LogP contribution in [0, 0.1) is 0 Å². The van der Waals surface area contributed by atoms with Crippen molar-refractivity contribution in [3.8, 4) is 0 Å². The minimum atomic E-state index is -2.51. The highest BCUT2D eigenvalue weighted by molar-refractivity contribution is 6.30. The molecule has 1 atom stereocenters. The summed E-state index contributed by atoms with van der Waals surface area (Å²) in [4.78, 5) is 11.6. The fourth-order valence-corrected chi connectivity index (χ4v) is 1.53. The second-order valence-corrected chi connectivity index (χ2v) is 4.43. The zero-order valence-electron chi connectivity index (χ0n) is 9.58. The molecule has 0 heterocycles. The third-order valence-electron chi connectivity index (χ3n) is 2.14. The smallest absolute Gasteiger partial charge is 0.263 e. The standard InChI is InChI=1S/C12H14ClF2NO/c1-7(2)16-12(17)10(13)8-3-5-9(6-4-8)11(14)15/h3-7,10-11H,1-2H3,(H,16,17). The van der Waals surface area contributed by atoms with Crippen LogP contribution in [0.1, 0.15) is 36.8 Å². The van der Waals surface area contributed by atoms with Gasteiger partial charge < -0.3 is 5.32 Å². The van der Waals surface area contributed by atoms with Crippen LogP contribution in [0.25, 0.3) is 0 Å². The van der Waals surface area contributed by atoms with Crippen LogP contribution in [0.4, 0.5) is 8.78 Å². The van der Waals surface area contributed by atoms with Crippen LogP contribution in [0.3, 0.4) is 0 Å². The van der Waals surface area contributed by atoms with Gasteiger partial charge in [-0.3, -0.25) is 4.79 Å². The van der Waals surface area contributed by atoms with Gasteiger partial charge in [0.05, 0.1) is 0 Å². The lowest BCUT2D eigenvalue weighted by molar-refractivity contribution is -0.121. The molecule has 1 aromatic rings. The van der Waals surface area contributed by atoms with Gasteiger partial charge in [-0.15, -0.1) is 11.6 Å². The maximum absolute atomic E-state index is 12.3. The molecule has 0 saturated heterocycles. The third kappa shape index (κ3) is 3.97. The van der Waals surface area contributed by atoms with E-state index in [0.717, 1.165) is 0 Å². The lowest BCUT2D eigenvalue weighted by atomic mass is 10.1. The Hall–Kier alpha value is -1.16. The Labute approximate surface area is 104 Å². The number of hydrogen-bond donors (Lipinski definition) is 1. The molecule has 1 N–H and O–H groups in total. The van der Waals surface area contributed by atoms with Gasteiger partial charge in [0.25, 0.3) is 6.43 Å². The molecule has 0 aliphatic heterocycles. The maximum atomic E-state index is 12.3. The molecule has 0 radical (unpaired) electrons. The Balaban J connectivity index is 2.75. The van der Waals surface area contributed by atoms with Crippen LogP contribution in [0.5, 0.6) is 0 Å². The average Bonchev–Trinajstić information content (AvgIpc) is 2.27. The number of rotatable bonds is 4. The molecular formula is C12H14ClF2NO. The molecule has 17 heavy (non-hydrogen) atoms. The second kappa shape index (κ2) is 5.96. The third-order valence-corrected chi connectivity index (χ3v) is 2.59. The van der Waals surface area contributed by atoms with Crippen LogP contribution in [-0.2, 0) is 4.79 Å². The van der Waals surface area contributed by atoms with Gasteiger partial charge in [-0.1, -0.05) is 24.3 Å². The van der Waals surface area contributed by atoms with Crippen molar-refractivity contribution in [3.63, 3.8) is 0 Å². The number of amides is 1. The fourth-order valence-electron chi connectivity index (χ4n) is 1.32. The summed E-state index contributed by atoms with van der Waals surface area (Å²) in [7, 11) is 0. The van der Waals surface area contributed by atoms with E-state index in [9.17, 15) is 13.6 Å². The molecular weight excluding hydrogens is 248 g/mol. The van der Waals surface area contributed by atoms with Gasteiger partial charge in [-0.2, -0.15) is 0 Å². The fraction of sp³-hybridized carbons (Fsp3) is 0.417. The van der Waals surface area contributed by atoms with Crippen molar-refractivity contribution in [2.45, 2.75) is 31.7 Å². The zero-order chi connectivity index (χ0) is 13.0. The van der Waals surface area contributed by atoms with Gasteiger partial charge in [0.1, 0.15) is 5.38 Å². The molecule has 0 bridgehead atoms. The van der Waals surface area contributed by atoms with E-state index in [1.165, 1.54) is 24.3 Å². The number of nitrogens with one attached hydrogen (secondary N) is 1. The van der Waals surface area contributed by atoms with Crippen LogP contribution < -0.4 is 5.32 Å². The molecule has 1 rings (SSSR count). The molecule has 0 fully saturated rings. The summed E-state index contributed by atoms with van der Waals surface area (Å²) in [5.41, 5.74) is 0.427. The first-order chi connectivity index (χ1) is 7.91. The van der Waals surface area contributed by atoms with Gasteiger partial charge in [0.2, 0.25) is 5.91 Å². The zero-order valence-corrected chi connectivity index (χ0v) is 10.3. The minimum Gasteiger partial charge on any atom is -0.352 e. The molecule has 1 aromatic carbocycles. The largest absolute Gasteiger partial charge is 0.352 e. The van der Waals surface area contributed by atoms with E-state index in [-0.39, 0.29) is 17.5 Å². The molecule has 1 unspecified atom stereocenters. The number of carbonyl (C=O) groups is 1. The monoisotopic (exact) mass is 261 g/mol. The minimum absolute atomic E-state index is 0.0101. The Morgan fingerprint density at radius 1 is 1.18 bits per heavy atom. The van der Waals surface area contributed by atoms with Crippen LogP contribution >= 0.6 is 11.6 Å². The molecule has 0 aliphatic rings. The predicted molar refractivity (Wildman–Crippen MR) is 63.3 cm³/mol. The summed E-state index contributed by atoms with van der Waals surface area (Å²) in [5, 5.41) is 1.80. The molecule has 5 heteroatoms. The Morgan fingerprint density at radius 3 is 2.06 bits per heavy atom. The Bertz CT molecular complexity index is 379. The van der Waals surface area contributed by atoms with E-state index >= 15 is 0 Å². The highest BCUT2D eigenvalue weighted by Crippen LogP contribution is 2.24. The SMILES string of the molecule is CC(C)NC(=O)C(Cl)c1ccc(C(F)F)cc1. The first kappa shape index (κ1) is 13.9. The summed E-state index contributed by atoms with van der Waals surface area (Å²) >= 11 is 5.93. The van der Waals surface area contributed by atoms with Crippen molar-refractivity contribution in [2.24, 2.45) is 0 Å². The summed E-state index contributed by atoms with van der Waals surface area (Å²) in [5.74, 6) is -0.327. The number of carbonyl (C=O) groups excluding carboxylic acids is 1. The predicted octanol–water partition coefficient (Wildman–Crippen LogP) is 3.43. The molecule has 0 aliphatic carbocycles. The summed E-state index contributed by atoms with van der Waals surface area (Å²) < 4.78 is 24.6. The molecule has 0 aromatic heterocycles. The van der Waals surface area contributed by atoms with E-state index in [1.54, 1.807) is 0 Å². The van der Waals surface area contributed by atoms with Crippen molar-refractivity contribution < 1.29 is 13.6 Å². The molecule has 94 valence electrons. The quantitative estimate of drug-likeness (QED) is 0.827. The first-order valence-corrected chi connectivity index (χ1v) is 5.68. The Morgan fingerprint density at radius 2 is 1.65 bits per heavy atom. The average molecular weight is 262 g/mol. The number of alkyl halides is 3. The molecule has 1 amide bonds. The Kier molecular flexibility index (Phi) is 4.87. The van der Waals surface area contributed by atoms with E-state index in [4.69, 9.17) is 11.6 Å². The van der Waals surface area contributed by atoms with Crippen molar-refractivity contribution in [1.82, 2.24) is 5.32 Å². The van der Waals surface area contributed by atoms with E-state index in [2.05, 4.69) is 5.32 Å². The highest BCUT2D eigenvalue weighted by Gasteiger charge is 2.18. The number of benzene rings is 1. The topological polar surface area (TPSA) is 29.1 Å². The normalized spacial score (nSPS) is 12.9. The van der Waals surface area contributed by atoms with Crippen molar-refractivity contribution in [2.75, 3.05) is 0 Å². The number of halogens is 3. The lowest BCUT2D eigenvalue weighted by Gasteiger charge is -2.13. The first-order valence-electron chi connectivity index (χ1n) is 5.24. The van der Waals surface area contributed by atoms with Crippen LogP contribution in [0.2, 0.25) is 0 Å². The van der Waals surface area contributed by atoms with Gasteiger partial charge in [0, 0.05) is 11.6 Å². The van der Waals surface area contributed by atoms with Crippen molar-refractivity contribution in [1.29, 1.82) is 0 Å². The second-order valence-electron chi connectivity index (χ2n) is 3.99. The van der Waals surface area contributed by atoms with Crippen molar-refractivity contribution >= 4 is 17.5 Å². The summed E-state index contributed by atoms with van der Waals surface area (Å²) in [6, 6.07) is 5.43. The molecule has 0 saturated carbocycles. The van der Waals surface area contributed by atoms with E-state index < -0.39 is 11.8 Å². The molecule has 2 nitrogen and oxygen atoms in total. The van der Waals surface area contributed by atoms with Gasteiger partial charge in [-0.25, -0.2) is 8.78 Å². The van der Waals surface area contributed by atoms with Crippen LogP contribution in [-0.4, -0.2) is 11.9 Å². The highest BCUT2D eigenvalue weighted by atomic mass is 35.5. The maximum Gasteiger partial charge on any atom is 0.263 e. The van der Waals surface area contributed by atoms with Crippen molar-refractivity contribution in [3.05, 3.63) is 35.4 Å². The lowest BCUT2D eigenvalue weighted by Crippen LogP contribution is -2.32. The van der Waals surface area contributed by atoms with E-state index in [0.29, 0.717) is 5.56 Å².